The van der Waals surface area contributed by atoms with E-state index >= 15 is 0 Å². The molecule has 5 nitrogen and oxygen atoms in total. The van der Waals surface area contributed by atoms with E-state index in [1.807, 2.05) is 16.8 Å². The van der Waals surface area contributed by atoms with E-state index in [1.165, 1.54) is 6.42 Å². The summed E-state index contributed by atoms with van der Waals surface area (Å²) in [6.07, 6.45) is 10.5. The predicted octanol–water partition coefficient (Wildman–Crippen LogP) is 2.60. The quantitative estimate of drug-likeness (QED) is 0.833. The molecule has 0 bridgehead atoms. The van der Waals surface area contributed by atoms with E-state index in [2.05, 4.69) is 31.2 Å². The molecule has 2 N–H and O–H groups in total. The van der Waals surface area contributed by atoms with Gasteiger partial charge in [-0.25, -0.2) is 9.97 Å². The zero-order valence-corrected chi connectivity index (χ0v) is 12.2. The highest BCUT2D eigenvalue weighted by Gasteiger charge is 2.22. The maximum absolute atomic E-state index is 10.2. The van der Waals surface area contributed by atoms with Gasteiger partial charge in [-0.05, 0) is 28.8 Å². The molecule has 3 rings (SSSR count). The van der Waals surface area contributed by atoms with Crippen molar-refractivity contribution in [3.05, 3.63) is 23.2 Å². The Morgan fingerprint density at radius 2 is 2.16 bits per heavy atom. The molecule has 0 aromatic carbocycles. The first kappa shape index (κ1) is 12.9. The summed E-state index contributed by atoms with van der Waals surface area (Å²) in [5.74, 6) is 0.727. The Labute approximate surface area is 120 Å². The standard InChI is InChI=1S/C13H17BrN4O/c14-11-8-18-7-6-15-13(18)12(17-11)16-9-4-2-1-3-5-10(9)19/h6-10,19H,1-5H2,(H,16,17). The van der Waals surface area contributed by atoms with Crippen LogP contribution in [-0.2, 0) is 0 Å². The maximum Gasteiger partial charge on any atom is 0.180 e. The average molecular weight is 325 g/mol. The molecule has 0 radical (unpaired) electrons. The number of aliphatic hydroxyl groups is 1. The van der Waals surface area contributed by atoms with E-state index in [1.54, 1.807) is 6.20 Å². The Morgan fingerprint density at radius 3 is 3.05 bits per heavy atom. The van der Waals surface area contributed by atoms with Gasteiger partial charge in [0.15, 0.2) is 11.5 Å². The number of halogens is 1. The van der Waals surface area contributed by atoms with Crippen molar-refractivity contribution < 1.29 is 5.11 Å². The van der Waals surface area contributed by atoms with Gasteiger partial charge in [0.1, 0.15) is 4.60 Å². The summed E-state index contributed by atoms with van der Waals surface area (Å²) in [7, 11) is 0. The van der Waals surface area contributed by atoms with E-state index in [-0.39, 0.29) is 12.1 Å². The Balaban J connectivity index is 1.89. The van der Waals surface area contributed by atoms with E-state index in [0.29, 0.717) is 0 Å². The molecular weight excluding hydrogens is 308 g/mol. The summed E-state index contributed by atoms with van der Waals surface area (Å²) >= 11 is 3.40. The lowest BCUT2D eigenvalue weighted by Crippen LogP contribution is -2.33. The number of nitrogens with one attached hydrogen (secondary N) is 1. The van der Waals surface area contributed by atoms with Gasteiger partial charge in [0, 0.05) is 18.6 Å². The molecular formula is C13H17BrN4O. The van der Waals surface area contributed by atoms with Crippen molar-refractivity contribution in [3.63, 3.8) is 0 Å². The van der Waals surface area contributed by atoms with Gasteiger partial charge in [0.2, 0.25) is 0 Å². The highest BCUT2D eigenvalue weighted by atomic mass is 79.9. The van der Waals surface area contributed by atoms with E-state index in [0.717, 1.165) is 41.8 Å². The van der Waals surface area contributed by atoms with Crippen LogP contribution in [-0.4, -0.2) is 31.6 Å². The second-order valence-corrected chi connectivity index (χ2v) is 5.84. The van der Waals surface area contributed by atoms with Crippen molar-refractivity contribution in [2.45, 2.75) is 44.2 Å². The number of hydrogen-bond donors (Lipinski definition) is 2. The smallest absolute Gasteiger partial charge is 0.180 e. The summed E-state index contributed by atoms with van der Waals surface area (Å²) in [5.41, 5.74) is 0.791. The predicted molar refractivity (Wildman–Crippen MR) is 77.2 cm³/mol. The molecule has 2 heterocycles. The minimum atomic E-state index is -0.307. The molecule has 1 aliphatic carbocycles. The topological polar surface area (TPSA) is 62.5 Å². The van der Waals surface area contributed by atoms with E-state index in [9.17, 15) is 5.11 Å². The molecule has 2 atom stereocenters. The molecule has 1 saturated carbocycles. The van der Waals surface area contributed by atoms with Crippen LogP contribution in [0.4, 0.5) is 5.82 Å². The zero-order valence-electron chi connectivity index (χ0n) is 10.6. The Bertz CT molecular complexity index is 571. The molecule has 0 saturated heterocycles. The highest BCUT2D eigenvalue weighted by Crippen LogP contribution is 2.23. The van der Waals surface area contributed by atoms with E-state index in [4.69, 9.17) is 0 Å². The monoisotopic (exact) mass is 324 g/mol. The molecule has 102 valence electrons. The van der Waals surface area contributed by atoms with Crippen LogP contribution in [0.3, 0.4) is 0 Å². The zero-order chi connectivity index (χ0) is 13.2. The molecule has 0 aliphatic heterocycles. The van der Waals surface area contributed by atoms with Crippen molar-refractivity contribution >= 4 is 27.4 Å². The third-order valence-electron chi connectivity index (χ3n) is 3.65. The molecule has 6 heteroatoms. The summed E-state index contributed by atoms with van der Waals surface area (Å²) in [6.45, 7) is 0. The van der Waals surface area contributed by atoms with Crippen LogP contribution in [0.25, 0.3) is 5.65 Å². The van der Waals surface area contributed by atoms with Gasteiger partial charge in [-0.2, -0.15) is 0 Å². The van der Waals surface area contributed by atoms with Gasteiger partial charge in [-0.3, -0.25) is 0 Å². The maximum atomic E-state index is 10.2. The first-order chi connectivity index (χ1) is 9.24. The number of anilines is 1. The van der Waals surface area contributed by atoms with Crippen LogP contribution in [0.15, 0.2) is 23.2 Å². The van der Waals surface area contributed by atoms with Crippen molar-refractivity contribution in [2.24, 2.45) is 0 Å². The number of nitrogens with zero attached hydrogens (tertiary/aromatic N) is 3. The van der Waals surface area contributed by atoms with Crippen LogP contribution in [0, 0.1) is 0 Å². The largest absolute Gasteiger partial charge is 0.391 e. The molecule has 2 aromatic rings. The molecule has 1 fully saturated rings. The van der Waals surface area contributed by atoms with Gasteiger partial charge in [-0.1, -0.05) is 19.3 Å². The number of rotatable bonds is 2. The summed E-state index contributed by atoms with van der Waals surface area (Å²) in [4.78, 5) is 8.75. The number of fused-ring (bicyclic) bond motifs is 1. The van der Waals surface area contributed by atoms with Crippen molar-refractivity contribution in [3.8, 4) is 0 Å². The lowest BCUT2D eigenvalue weighted by molar-refractivity contribution is 0.144. The fourth-order valence-electron chi connectivity index (χ4n) is 2.63. The first-order valence-electron chi connectivity index (χ1n) is 6.68. The lowest BCUT2D eigenvalue weighted by Gasteiger charge is -2.22. The fraction of sp³-hybridized carbons (Fsp3) is 0.538. The third-order valence-corrected chi connectivity index (χ3v) is 4.03. The van der Waals surface area contributed by atoms with Crippen LogP contribution in [0.2, 0.25) is 0 Å². The Morgan fingerprint density at radius 1 is 1.32 bits per heavy atom. The number of hydrogen-bond acceptors (Lipinski definition) is 4. The fourth-order valence-corrected chi connectivity index (χ4v) is 3.03. The van der Waals surface area contributed by atoms with Crippen LogP contribution >= 0.6 is 15.9 Å². The van der Waals surface area contributed by atoms with Crippen molar-refractivity contribution in [2.75, 3.05) is 5.32 Å². The van der Waals surface area contributed by atoms with E-state index < -0.39 is 0 Å². The van der Waals surface area contributed by atoms with Crippen LogP contribution in [0.5, 0.6) is 0 Å². The summed E-state index contributed by atoms with van der Waals surface area (Å²) in [6, 6.07) is 0.0600. The molecule has 1 aliphatic rings. The molecule has 19 heavy (non-hydrogen) atoms. The first-order valence-corrected chi connectivity index (χ1v) is 7.47. The second kappa shape index (κ2) is 5.46. The molecule has 2 unspecified atom stereocenters. The SMILES string of the molecule is OC1CCCCCC1Nc1nc(Br)cn2ccnc12. The van der Waals surface area contributed by atoms with Gasteiger partial charge in [0.25, 0.3) is 0 Å². The van der Waals surface area contributed by atoms with Gasteiger partial charge in [0.05, 0.1) is 12.1 Å². The van der Waals surface area contributed by atoms with Crippen molar-refractivity contribution in [1.82, 2.24) is 14.4 Å². The second-order valence-electron chi connectivity index (χ2n) is 5.03. The summed E-state index contributed by atoms with van der Waals surface area (Å²) < 4.78 is 2.67. The average Bonchev–Trinajstić information content (AvgIpc) is 2.75. The van der Waals surface area contributed by atoms with Gasteiger partial charge < -0.3 is 14.8 Å². The number of aromatic nitrogens is 3. The number of imidazole rings is 1. The molecule has 0 spiro atoms. The Hall–Kier alpha value is -1.14. The van der Waals surface area contributed by atoms with Crippen LogP contribution < -0.4 is 5.32 Å². The lowest BCUT2D eigenvalue weighted by atomic mass is 10.1. The van der Waals surface area contributed by atoms with Crippen molar-refractivity contribution in [1.29, 1.82) is 0 Å². The highest BCUT2D eigenvalue weighted by molar-refractivity contribution is 9.10. The van der Waals surface area contributed by atoms with Crippen LogP contribution in [0.1, 0.15) is 32.1 Å². The third kappa shape index (κ3) is 2.74. The normalized spacial score (nSPS) is 24.3. The molecule has 2 aromatic heterocycles. The minimum Gasteiger partial charge on any atom is -0.391 e. The number of aliphatic hydroxyl groups excluding tert-OH is 1. The molecule has 0 amide bonds. The van der Waals surface area contributed by atoms with Gasteiger partial charge in [-0.15, -0.1) is 0 Å². The summed E-state index contributed by atoms with van der Waals surface area (Å²) in [5, 5.41) is 13.5. The van der Waals surface area contributed by atoms with Gasteiger partial charge >= 0.3 is 0 Å². The minimum absolute atomic E-state index is 0.0600. The Kier molecular flexibility index (Phi) is 3.70.